The van der Waals surface area contributed by atoms with Gasteiger partial charge >= 0.3 is 5.97 Å². The molecule has 23 heavy (non-hydrogen) atoms. The van der Waals surface area contributed by atoms with E-state index >= 15 is 0 Å². The summed E-state index contributed by atoms with van der Waals surface area (Å²) in [6, 6.07) is 15.7. The minimum atomic E-state index is -0.417. The van der Waals surface area contributed by atoms with Crippen molar-refractivity contribution in [3.63, 3.8) is 0 Å². The average Bonchev–Trinajstić information content (AvgIpc) is 2.56. The highest BCUT2D eigenvalue weighted by atomic mass is 35.5. The van der Waals surface area contributed by atoms with Gasteiger partial charge in [0.1, 0.15) is 5.03 Å². The number of esters is 1. The largest absolute Gasteiger partial charge is 0.462 e. The monoisotopic (exact) mass is 329 g/mol. The molecule has 118 valence electrons. The summed E-state index contributed by atoms with van der Waals surface area (Å²) >= 11 is 6.01. The van der Waals surface area contributed by atoms with Crippen LogP contribution in [0.15, 0.2) is 59.6 Å². The average molecular weight is 330 g/mol. The van der Waals surface area contributed by atoms with Crippen molar-refractivity contribution in [1.82, 2.24) is 0 Å². The number of rotatable bonds is 5. The minimum Gasteiger partial charge on any atom is -0.462 e. The third-order valence-corrected chi connectivity index (χ3v) is 3.24. The SMILES string of the molecule is CCOC(=O)c1ccc(NC(=O)/C(Cl)=C/c2ccccc2)cc1. The molecule has 0 aliphatic rings. The van der Waals surface area contributed by atoms with Gasteiger partial charge in [-0.3, -0.25) is 4.79 Å². The summed E-state index contributed by atoms with van der Waals surface area (Å²) in [5, 5.41) is 2.74. The van der Waals surface area contributed by atoms with Crippen LogP contribution in [0, 0.1) is 0 Å². The van der Waals surface area contributed by atoms with Crippen LogP contribution in [-0.4, -0.2) is 18.5 Å². The van der Waals surface area contributed by atoms with E-state index in [2.05, 4.69) is 5.32 Å². The van der Waals surface area contributed by atoms with E-state index in [9.17, 15) is 9.59 Å². The highest BCUT2D eigenvalue weighted by molar-refractivity contribution is 6.45. The molecule has 2 aromatic carbocycles. The molecule has 0 heterocycles. The van der Waals surface area contributed by atoms with Gasteiger partial charge in [-0.05, 0) is 42.8 Å². The Balaban J connectivity index is 2.02. The molecule has 0 atom stereocenters. The van der Waals surface area contributed by atoms with Gasteiger partial charge in [-0.25, -0.2) is 4.79 Å². The van der Waals surface area contributed by atoms with Gasteiger partial charge in [0, 0.05) is 5.69 Å². The van der Waals surface area contributed by atoms with E-state index < -0.39 is 11.9 Å². The van der Waals surface area contributed by atoms with E-state index in [0.717, 1.165) is 5.56 Å². The second kappa shape index (κ2) is 8.15. The van der Waals surface area contributed by atoms with Crippen molar-refractivity contribution < 1.29 is 14.3 Å². The Labute approximate surface area is 139 Å². The molecule has 0 spiro atoms. The van der Waals surface area contributed by atoms with Crippen molar-refractivity contribution >= 4 is 35.2 Å². The van der Waals surface area contributed by atoms with Gasteiger partial charge in [-0.15, -0.1) is 0 Å². The molecule has 0 bridgehead atoms. The van der Waals surface area contributed by atoms with Gasteiger partial charge in [-0.1, -0.05) is 41.9 Å². The van der Waals surface area contributed by atoms with Gasteiger partial charge in [0.15, 0.2) is 0 Å². The predicted molar refractivity (Wildman–Crippen MR) is 91.3 cm³/mol. The molecule has 0 aliphatic carbocycles. The first kappa shape index (κ1) is 16.8. The summed E-state index contributed by atoms with van der Waals surface area (Å²) in [4.78, 5) is 23.6. The van der Waals surface area contributed by atoms with E-state index in [0.29, 0.717) is 17.9 Å². The van der Waals surface area contributed by atoms with Crippen molar-refractivity contribution in [3.8, 4) is 0 Å². The molecule has 0 aromatic heterocycles. The molecule has 2 aromatic rings. The molecular formula is C18H16ClNO3. The van der Waals surface area contributed by atoms with Gasteiger partial charge in [0.25, 0.3) is 5.91 Å². The van der Waals surface area contributed by atoms with E-state index in [-0.39, 0.29) is 5.03 Å². The first-order valence-corrected chi connectivity index (χ1v) is 7.48. The van der Waals surface area contributed by atoms with Crippen LogP contribution in [-0.2, 0) is 9.53 Å². The summed E-state index contributed by atoms with van der Waals surface area (Å²) in [5.41, 5.74) is 1.81. The minimum absolute atomic E-state index is 0.0747. The van der Waals surface area contributed by atoms with Crippen LogP contribution in [0.5, 0.6) is 0 Å². The van der Waals surface area contributed by atoms with Crippen molar-refractivity contribution in [1.29, 1.82) is 0 Å². The summed E-state index contributed by atoms with van der Waals surface area (Å²) in [6.07, 6.45) is 1.59. The van der Waals surface area contributed by atoms with Gasteiger partial charge in [-0.2, -0.15) is 0 Å². The second-order valence-electron chi connectivity index (χ2n) is 4.65. The Morgan fingerprint density at radius 2 is 1.74 bits per heavy atom. The number of nitrogens with one attached hydrogen (secondary N) is 1. The Hall–Kier alpha value is -2.59. The van der Waals surface area contributed by atoms with Gasteiger partial charge < -0.3 is 10.1 Å². The van der Waals surface area contributed by atoms with Crippen LogP contribution in [0.4, 0.5) is 5.69 Å². The topological polar surface area (TPSA) is 55.4 Å². The zero-order valence-corrected chi connectivity index (χ0v) is 13.3. The zero-order chi connectivity index (χ0) is 16.7. The number of halogens is 1. The number of amides is 1. The fraction of sp³-hybridized carbons (Fsp3) is 0.111. The summed E-state index contributed by atoms with van der Waals surface area (Å²) in [5.74, 6) is -0.813. The number of benzene rings is 2. The molecule has 0 radical (unpaired) electrons. The van der Waals surface area contributed by atoms with Crippen LogP contribution < -0.4 is 5.32 Å². The Bertz CT molecular complexity index is 709. The van der Waals surface area contributed by atoms with E-state index in [1.165, 1.54) is 0 Å². The lowest BCUT2D eigenvalue weighted by molar-refractivity contribution is -0.112. The second-order valence-corrected chi connectivity index (χ2v) is 5.06. The fourth-order valence-electron chi connectivity index (χ4n) is 1.86. The molecule has 2 rings (SSSR count). The maximum atomic E-state index is 12.0. The predicted octanol–water partition coefficient (Wildman–Crippen LogP) is 4.08. The molecule has 0 saturated heterocycles. The number of hydrogen-bond acceptors (Lipinski definition) is 3. The van der Waals surface area contributed by atoms with Crippen molar-refractivity contribution in [2.75, 3.05) is 11.9 Å². The number of ether oxygens (including phenoxy) is 1. The lowest BCUT2D eigenvalue weighted by Crippen LogP contribution is -2.11. The molecule has 0 saturated carbocycles. The van der Waals surface area contributed by atoms with Crippen LogP contribution in [0.1, 0.15) is 22.8 Å². The Kier molecular flexibility index (Phi) is 5.94. The standard InChI is InChI=1S/C18H16ClNO3/c1-2-23-18(22)14-8-10-15(11-9-14)20-17(21)16(19)12-13-6-4-3-5-7-13/h3-12H,2H2,1H3,(H,20,21)/b16-12-. The molecular weight excluding hydrogens is 314 g/mol. The van der Waals surface area contributed by atoms with Crippen LogP contribution >= 0.6 is 11.6 Å². The zero-order valence-electron chi connectivity index (χ0n) is 12.6. The van der Waals surface area contributed by atoms with Crippen molar-refractivity contribution in [2.45, 2.75) is 6.92 Å². The first-order chi connectivity index (χ1) is 11.1. The number of hydrogen-bond donors (Lipinski definition) is 1. The molecule has 1 N–H and O–H groups in total. The molecule has 5 heteroatoms. The number of anilines is 1. The number of carbonyl (C=O) groups is 2. The van der Waals surface area contributed by atoms with Crippen molar-refractivity contribution in [2.24, 2.45) is 0 Å². The molecule has 4 nitrogen and oxygen atoms in total. The molecule has 1 amide bonds. The quantitative estimate of drug-likeness (QED) is 0.664. The molecule has 0 fully saturated rings. The van der Waals surface area contributed by atoms with Gasteiger partial charge in [0.05, 0.1) is 12.2 Å². The fourth-order valence-corrected chi connectivity index (χ4v) is 2.03. The summed E-state index contributed by atoms with van der Waals surface area (Å²) in [6.45, 7) is 2.06. The van der Waals surface area contributed by atoms with E-state index in [1.54, 1.807) is 37.3 Å². The maximum absolute atomic E-state index is 12.0. The third kappa shape index (κ3) is 4.97. The highest BCUT2D eigenvalue weighted by Crippen LogP contribution is 2.15. The number of carbonyl (C=O) groups excluding carboxylic acids is 2. The van der Waals surface area contributed by atoms with Crippen LogP contribution in [0.3, 0.4) is 0 Å². The smallest absolute Gasteiger partial charge is 0.338 e. The third-order valence-electron chi connectivity index (χ3n) is 2.96. The highest BCUT2D eigenvalue weighted by Gasteiger charge is 2.09. The maximum Gasteiger partial charge on any atom is 0.338 e. The first-order valence-electron chi connectivity index (χ1n) is 7.11. The normalized spacial score (nSPS) is 11.0. The molecule has 0 aliphatic heterocycles. The lowest BCUT2D eigenvalue weighted by atomic mass is 10.2. The summed E-state index contributed by atoms with van der Waals surface area (Å²) < 4.78 is 4.90. The van der Waals surface area contributed by atoms with Crippen LogP contribution in [0.25, 0.3) is 6.08 Å². The van der Waals surface area contributed by atoms with Crippen molar-refractivity contribution in [3.05, 3.63) is 70.8 Å². The van der Waals surface area contributed by atoms with Gasteiger partial charge in [0.2, 0.25) is 0 Å². The molecule has 0 unspecified atom stereocenters. The summed E-state index contributed by atoms with van der Waals surface area (Å²) in [7, 11) is 0. The lowest BCUT2D eigenvalue weighted by Gasteiger charge is -2.06. The van der Waals surface area contributed by atoms with Crippen LogP contribution in [0.2, 0.25) is 0 Å². The Morgan fingerprint density at radius 3 is 2.35 bits per heavy atom. The Morgan fingerprint density at radius 1 is 1.09 bits per heavy atom. The van der Waals surface area contributed by atoms with E-state index in [1.807, 2.05) is 30.3 Å². The van der Waals surface area contributed by atoms with E-state index in [4.69, 9.17) is 16.3 Å².